The average Bonchev–Trinajstić information content (AvgIpc) is 2.21. The first-order valence-corrected chi connectivity index (χ1v) is 5.29. The minimum atomic E-state index is -1.22. The van der Waals surface area contributed by atoms with E-state index in [1.165, 1.54) is 12.1 Å². The molecule has 1 aromatic carbocycles. The van der Waals surface area contributed by atoms with E-state index in [1.807, 2.05) is 0 Å². The summed E-state index contributed by atoms with van der Waals surface area (Å²) < 4.78 is 26.3. The summed E-state index contributed by atoms with van der Waals surface area (Å²) in [6, 6.07) is 3.76. The minimum absolute atomic E-state index is 0.0552. The van der Waals surface area contributed by atoms with Crippen LogP contribution >= 0.6 is 0 Å². The smallest absolute Gasteiger partial charge is 0.306 e. The lowest BCUT2D eigenvalue weighted by Crippen LogP contribution is -2.48. The maximum absolute atomic E-state index is 13.3. The van der Waals surface area contributed by atoms with Crippen molar-refractivity contribution in [1.29, 1.82) is 0 Å². The van der Waals surface area contributed by atoms with Gasteiger partial charge >= 0.3 is 5.97 Å². The number of aliphatic carboxylic acids is 1. The number of halogens is 2. The van der Waals surface area contributed by atoms with E-state index in [9.17, 15) is 18.7 Å². The molecular weight excluding hydrogens is 230 g/mol. The van der Waals surface area contributed by atoms with E-state index in [2.05, 4.69) is 0 Å². The Balaban J connectivity index is 2.07. The largest absolute Gasteiger partial charge is 0.481 e. The van der Waals surface area contributed by atoms with Crippen LogP contribution in [0.1, 0.15) is 18.4 Å². The molecule has 0 aliphatic heterocycles. The van der Waals surface area contributed by atoms with E-state index in [1.54, 1.807) is 0 Å². The Kier molecular flexibility index (Phi) is 2.87. The van der Waals surface area contributed by atoms with E-state index in [-0.39, 0.29) is 24.8 Å². The highest BCUT2D eigenvalue weighted by Gasteiger charge is 2.46. The molecule has 1 aliphatic rings. The van der Waals surface area contributed by atoms with Gasteiger partial charge < -0.3 is 10.2 Å². The van der Waals surface area contributed by atoms with Crippen molar-refractivity contribution in [3.8, 4) is 0 Å². The Labute approximate surface area is 96.7 Å². The summed E-state index contributed by atoms with van der Waals surface area (Å²) in [5.74, 6) is -3.48. The van der Waals surface area contributed by atoms with Gasteiger partial charge in [0.25, 0.3) is 0 Å². The molecule has 0 atom stereocenters. The summed E-state index contributed by atoms with van der Waals surface area (Å²) in [4.78, 5) is 10.6. The highest BCUT2D eigenvalue weighted by Crippen LogP contribution is 2.40. The Bertz CT molecular complexity index is 453. The first-order chi connectivity index (χ1) is 7.91. The standard InChI is InChI=1S/C12H12F2O3/c13-9-3-1-2-7(10(9)14)4-12(17)5-8(6-12)11(15)16/h1-3,8,17H,4-6H2,(H,15,16). The van der Waals surface area contributed by atoms with Gasteiger partial charge in [0.15, 0.2) is 11.6 Å². The number of benzene rings is 1. The molecule has 1 aliphatic carbocycles. The number of carboxylic acid groups (broad SMARTS) is 1. The second kappa shape index (κ2) is 4.07. The van der Waals surface area contributed by atoms with Gasteiger partial charge in [0, 0.05) is 6.42 Å². The van der Waals surface area contributed by atoms with Crippen molar-refractivity contribution in [2.75, 3.05) is 0 Å². The number of aliphatic hydroxyl groups is 1. The molecule has 0 radical (unpaired) electrons. The number of carboxylic acids is 1. The van der Waals surface area contributed by atoms with E-state index >= 15 is 0 Å². The molecule has 5 heteroatoms. The first kappa shape index (κ1) is 12.0. The van der Waals surface area contributed by atoms with Crippen LogP contribution in [0, 0.1) is 17.6 Å². The van der Waals surface area contributed by atoms with Crippen molar-refractivity contribution in [2.24, 2.45) is 5.92 Å². The molecule has 0 aromatic heterocycles. The summed E-state index contributed by atoms with van der Waals surface area (Å²) >= 11 is 0. The van der Waals surface area contributed by atoms with Crippen molar-refractivity contribution in [3.63, 3.8) is 0 Å². The van der Waals surface area contributed by atoms with E-state index in [4.69, 9.17) is 5.11 Å². The molecule has 3 nitrogen and oxygen atoms in total. The third-order valence-electron chi connectivity index (χ3n) is 3.15. The lowest BCUT2D eigenvalue weighted by Gasteiger charge is -2.41. The predicted molar refractivity (Wildman–Crippen MR) is 55.4 cm³/mol. The second-order valence-electron chi connectivity index (χ2n) is 4.56. The Morgan fingerprint density at radius 3 is 2.65 bits per heavy atom. The number of hydrogen-bond donors (Lipinski definition) is 2. The summed E-state index contributed by atoms with van der Waals surface area (Å²) in [5.41, 5.74) is -1.14. The fourth-order valence-electron chi connectivity index (χ4n) is 2.22. The van der Waals surface area contributed by atoms with Gasteiger partial charge in [-0.1, -0.05) is 12.1 Å². The van der Waals surface area contributed by atoms with Gasteiger partial charge in [-0.15, -0.1) is 0 Å². The van der Waals surface area contributed by atoms with Crippen LogP contribution in [0.4, 0.5) is 8.78 Å². The molecule has 2 N–H and O–H groups in total. The van der Waals surface area contributed by atoms with Crippen molar-refractivity contribution in [1.82, 2.24) is 0 Å². The van der Waals surface area contributed by atoms with Gasteiger partial charge in [-0.05, 0) is 24.5 Å². The van der Waals surface area contributed by atoms with E-state index < -0.39 is 29.1 Å². The minimum Gasteiger partial charge on any atom is -0.481 e. The first-order valence-electron chi connectivity index (χ1n) is 5.29. The highest BCUT2D eigenvalue weighted by atomic mass is 19.2. The van der Waals surface area contributed by atoms with Gasteiger partial charge in [0.1, 0.15) is 0 Å². The molecule has 0 heterocycles. The molecule has 0 bridgehead atoms. The molecule has 0 unspecified atom stereocenters. The van der Waals surface area contributed by atoms with Crippen LogP contribution in [-0.2, 0) is 11.2 Å². The van der Waals surface area contributed by atoms with Gasteiger partial charge in [0.2, 0.25) is 0 Å². The van der Waals surface area contributed by atoms with Gasteiger partial charge in [-0.25, -0.2) is 8.78 Å². The summed E-state index contributed by atoms with van der Waals surface area (Å²) in [7, 11) is 0. The zero-order chi connectivity index (χ0) is 12.6. The Morgan fingerprint density at radius 1 is 1.41 bits per heavy atom. The number of carbonyl (C=O) groups is 1. The van der Waals surface area contributed by atoms with Crippen molar-refractivity contribution in [3.05, 3.63) is 35.4 Å². The van der Waals surface area contributed by atoms with E-state index in [0.717, 1.165) is 6.07 Å². The molecule has 92 valence electrons. The number of rotatable bonds is 3. The zero-order valence-electron chi connectivity index (χ0n) is 8.99. The SMILES string of the molecule is O=C(O)C1CC(O)(Cc2cccc(F)c2F)C1. The number of hydrogen-bond acceptors (Lipinski definition) is 2. The van der Waals surface area contributed by atoms with Crippen molar-refractivity contribution >= 4 is 5.97 Å². The molecule has 0 spiro atoms. The van der Waals surface area contributed by atoms with Gasteiger partial charge in [-0.3, -0.25) is 4.79 Å². The van der Waals surface area contributed by atoms with Crippen LogP contribution in [0.15, 0.2) is 18.2 Å². The Hall–Kier alpha value is -1.49. The summed E-state index contributed by atoms with van der Waals surface area (Å²) in [6.45, 7) is 0. The molecule has 0 amide bonds. The molecule has 1 aromatic rings. The quantitative estimate of drug-likeness (QED) is 0.848. The van der Waals surface area contributed by atoms with E-state index in [0.29, 0.717) is 0 Å². The lowest BCUT2D eigenvalue weighted by molar-refractivity contribution is -0.158. The van der Waals surface area contributed by atoms with Crippen LogP contribution in [0.5, 0.6) is 0 Å². The van der Waals surface area contributed by atoms with Crippen LogP contribution in [-0.4, -0.2) is 21.8 Å². The second-order valence-corrected chi connectivity index (χ2v) is 4.56. The van der Waals surface area contributed by atoms with Gasteiger partial charge in [0.05, 0.1) is 11.5 Å². The third-order valence-corrected chi connectivity index (χ3v) is 3.15. The maximum atomic E-state index is 13.3. The fraction of sp³-hybridized carbons (Fsp3) is 0.417. The lowest BCUT2D eigenvalue weighted by atomic mass is 9.68. The monoisotopic (exact) mass is 242 g/mol. The van der Waals surface area contributed by atoms with Crippen LogP contribution in [0.3, 0.4) is 0 Å². The van der Waals surface area contributed by atoms with Crippen molar-refractivity contribution < 1.29 is 23.8 Å². The molecule has 17 heavy (non-hydrogen) atoms. The molecule has 0 saturated heterocycles. The van der Waals surface area contributed by atoms with Crippen LogP contribution in [0.25, 0.3) is 0 Å². The molecular formula is C12H12F2O3. The highest BCUT2D eigenvalue weighted by molar-refractivity contribution is 5.71. The third kappa shape index (κ3) is 2.29. The summed E-state index contributed by atoms with van der Waals surface area (Å²) in [6.07, 6.45) is 0.108. The van der Waals surface area contributed by atoms with Crippen LogP contribution < -0.4 is 0 Å². The fourth-order valence-corrected chi connectivity index (χ4v) is 2.22. The maximum Gasteiger partial charge on any atom is 0.306 e. The normalized spacial score (nSPS) is 27.6. The molecule has 1 fully saturated rings. The average molecular weight is 242 g/mol. The molecule has 2 rings (SSSR count). The van der Waals surface area contributed by atoms with Crippen molar-refractivity contribution in [2.45, 2.75) is 24.9 Å². The van der Waals surface area contributed by atoms with Gasteiger partial charge in [-0.2, -0.15) is 0 Å². The topological polar surface area (TPSA) is 57.5 Å². The Morgan fingerprint density at radius 2 is 2.06 bits per heavy atom. The predicted octanol–water partition coefficient (Wildman–Crippen LogP) is 1.73. The zero-order valence-corrected chi connectivity index (χ0v) is 8.99. The molecule has 1 saturated carbocycles. The van der Waals surface area contributed by atoms with Crippen LogP contribution in [0.2, 0.25) is 0 Å². The summed E-state index contributed by atoms with van der Waals surface area (Å²) in [5, 5.41) is 18.6.